The van der Waals surface area contributed by atoms with Crippen molar-refractivity contribution in [1.29, 1.82) is 0 Å². The molecular formula is C15H17N3O3S. The van der Waals surface area contributed by atoms with E-state index in [1.54, 1.807) is 18.3 Å². The lowest BCUT2D eigenvalue weighted by molar-refractivity contribution is 0.0697. The van der Waals surface area contributed by atoms with Crippen LogP contribution in [-0.4, -0.2) is 22.1 Å². The van der Waals surface area contributed by atoms with Gasteiger partial charge in [0.15, 0.2) is 5.13 Å². The second-order valence-corrected chi connectivity index (χ2v) is 5.81. The van der Waals surface area contributed by atoms with Crippen LogP contribution in [0.3, 0.4) is 0 Å². The Hall–Kier alpha value is -2.41. The van der Waals surface area contributed by atoms with Gasteiger partial charge in [-0.1, -0.05) is 25.5 Å². The summed E-state index contributed by atoms with van der Waals surface area (Å²) in [6.07, 6.45) is 3.77. The molecule has 2 aromatic rings. The predicted molar refractivity (Wildman–Crippen MR) is 85.4 cm³/mol. The van der Waals surface area contributed by atoms with Crippen molar-refractivity contribution in [1.82, 2.24) is 10.3 Å². The average Bonchev–Trinajstić information content (AvgIpc) is 2.93. The molecule has 0 radical (unpaired) electrons. The number of nitrogens with zero attached hydrogens (tertiary/aromatic N) is 1. The predicted octanol–water partition coefficient (Wildman–Crippen LogP) is 3.12. The summed E-state index contributed by atoms with van der Waals surface area (Å²) in [6.45, 7) is 2.41. The van der Waals surface area contributed by atoms with Gasteiger partial charge in [-0.3, -0.25) is 5.32 Å². The minimum atomic E-state index is -0.969. The van der Waals surface area contributed by atoms with E-state index in [1.165, 1.54) is 23.5 Å². The van der Waals surface area contributed by atoms with Crippen LogP contribution in [0.25, 0.3) is 0 Å². The molecule has 0 saturated heterocycles. The first kappa shape index (κ1) is 16.0. The van der Waals surface area contributed by atoms with Crippen molar-refractivity contribution in [3.8, 4) is 0 Å². The number of amides is 2. The molecule has 6 nitrogen and oxygen atoms in total. The van der Waals surface area contributed by atoms with Crippen molar-refractivity contribution in [2.24, 2.45) is 0 Å². The van der Waals surface area contributed by atoms with Crippen LogP contribution in [-0.2, 0) is 13.0 Å². The Morgan fingerprint density at radius 3 is 2.64 bits per heavy atom. The smallest absolute Gasteiger partial charge is 0.335 e. The third-order valence-corrected chi connectivity index (χ3v) is 3.90. The highest BCUT2D eigenvalue weighted by atomic mass is 32.1. The number of carboxylic acid groups (broad SMARTS) is 1. The maximum absolute atomic E-state index is 11.8. The van der Waals surface area contributed by atoms with E-state index < -0.39 is 5.97 Å². The fourth-order valence-corrected chi connectivity index (χ4v) is 2.73. The number of rotatable bonds is 6. The summed E-state index contributed by atoms with van der Waals surface area (Å²) < 4.78 is 0. The van der Waals surface area contributed by atoms with Crippen LogP contribution in [0.2, 0.25) is 0 Å². The van der Waals surface area contributed by atoms with E-state index in [2.05, 4.69) is 22.5 Å². The number of hydrogen-bond acceptors (Lipinski definition) is 4. The molecule has 22 heavy (non-hydrogen) atoms. The average molecular weight is 319 g/mol. The van der Waals surface area contributed by atoms with Crippen LogP contribution < -0.4 is 10.6 Å². The van der Waals surface area contributed by atoms with E-state index in [9.17, 15) is 9.59 Å². The molecule has 1 aromatic heterocycles. The first-order chi connectivity index (χ1) is 10.6. The van der Waals surface area contributed by atoms with Gasteiger partial charge in [-0.25, -0.2) is 14.6 Å². The highest BCUT2D eigenvalue weighted by molar-refractivity contribution is 7.15. The molecule has 1 aromatic carbocycles. The number of aromatic carboxylic acids is 1. The lowest BCUT2D eigenvalue weighted by Crippen LogP contribution is -2.28. The zero-order chi connectivity index (χ0) is 15.9. The zero-order valence-corrected chi connectivity index (χ0v) is 12.9. The monoisotopic (exact) mass is 319 g/mol. The number of anilines is 1. The summed E-state index contributed by atoms with van der Waals surface area (Å²) in [6, 6.07) is 6.03. The van der Waals surface area contributed by atoms with Crippen molar-refractivity contribution in [3.63, 3.8) is 0 Å². The SMILES string of the molecule is CCCc1cnc(NC(=O)NCc2ccc(C(=O)O)cc2)s1. The molecule has 0 aliphatic rings. The number of carbonyl (C=O) groups is 2. The van der Waals surface area contributed by atoms with Crippen LogP contribution in [0.1, 0.15) is 34.1 Å². The number of aromatic nitrogens is 1. The van der Waals surface area contributed by atoms with Crippen molar-refractivity contribution in [3.05, 3.63) is 46.5 Å². The van der Waals surface area contributed by atoms with Gasteiger partial charge in [0.05, 0.1) is 5.56 Å². The fraction of sp³-hybridized carbons (Fsp3) is 0.267. The van der Waals surface area contributed by atoms with E-state index >= 15 is 0 Å². The first-order valence-electron chi connectivity index (χ1n) is 6.90. The fourth-order valence-electron chi connectivity index (χ4n) is 1.82. The number of benzene rings is 1. The first-order valence-corrected chi connectivity index (χ1v) is 7.72. The summed E-state index contributed by atoms with van der Waals surface area (Å²) in [7, 11) is 0. The lowest BCUT2D eigenvalue weighted by atomic mass is 10.1. The second-order valence-electron chi connectivity index (χ2n) is 4.69. The molecule has 1 heterocycles. The van der Waals surface area contributed by atoms with Crippen LogP contribution in [0.4, 0.5) is 9.93 Å². The van der Waals surface area contributed by atoms with Gasteiger partial charge in [-0.2, -0.15) is 0 Å². The Balaban J connectivity index is 1.82. The van der Waals surface area contributed by atoms with Crippen LogP contribution >= 0.6 is 11.3 Å². The van der Waals surface area contributed by atoms with Gasteiger partial charge in [-0.05, 0) is 24.1 Å². The highest BCUT2D eigenvalue weighted by Gasteiger charge is 2.07. The van der Waals surface area contributed by atoms with Gasteiger partial charge < -0.3 is 10.4 Å². The van der Waals surface area contributed by atoms with E-state index in [-0.39, 0.29) is 11.6 Å². The normalized spacial score (nSPS) is 10.2. The number of hydrogen-bond donors (Lipinski definition) is 3. The molecule has 0 bridgehead atoms. The molecule has 0 saturated carbocycles. The van der Waals surface area contributed by atoms with Gasteiger partial charge in [0, 0.05) is 17.6 Å². The number of carbonyl (C=O) groups excluding carboxylic acids is 1. The molecule has 0 spiro atoms. The minimum absolute atomic E-state index is 0.222. The molecule has 2 amide bonds. The summed E-state index contributed by atoms with van der Waals surface area (Å²) in [5.41, 5.74) is 1.05. The topological polar surface area (TPSA) is 91.3 Å². The Kier molecular flexibility index (Phi) is 5.48. The minimum Gasteiger partial charge on any atom is -0.478 e. The van der Waals surface area contributed by atoms with Crippen molar-refractivity contribution >= 4 is 28.5 Å². The molecule has 0 unspecified atom stereocenters. The van der Waals surface area contributed by atoms with Gasteiger partial charge in [0.25, 0.3) is 0 Å². The molecule has 0 fully saturated rings. The molecule has 116 valence electrons. The van der Waals surface area contributed by atoms with Crippen molar-refractivity contribution < 1.29 is 14.7 Å². The highest BCUT2D eigenvalue weighted by Crippen LogP contribution is 2.19. The molecule has 0 aliphatic heterocycles. The van der Waals surface area contributed by atoms with Crippen molar-refractivity contribution in [2.45, 2.75) is 26.3 Å². The third-order valence-electron chi connectivity index (χ3n) is 2.92. The largest absolute Gasteiger partial charge is 0.478 e. The third kappa shape index (κ3) is 4.56. The summed E-state index contributed by atoms with van der Waals surface area (Å²) >= 11 is 1.46. The number of carboxylic acids is 1. The lowest BCUT2D eigenvalue weighted by Gasteiger charge is -2.05. The van der Waals surface area contributed by atoms with Crippen LogP contribution in [0.15, 0.2) is 30.5 Å². The maximum atomic E-state index is 11.8. The molecule has 2 rings (SSSR count). The van der Waals surface area contributed by atoms with E-state index in [1.807, 2.05) is 0 Å². The maximum Gasteiger partial charge on any atom is 0.335 e. The Morgan fingerprint density at radius 2 is 2.00 bits per heavy atom. The number of thiazole rings is 1. The number of nitrogens with one attached hydrogen (secondary N) is 2. The van der Waals surface area contributed by atoms with Gasteiger partial charge >= 0.3 is 12.0 Å². The molecule has 0 atom stereocenters. The molecule has 3 N–H and O–H groups in total. The Labute approximate surface area is 132 Å². The number of urea groups is 1. The quantitative estimate of drug-likeness (QED) is 0.763. The Bertz CT molecular complexity index is 652. The van der Waals surface area contributed by atoms with Gasteiger partial charge in [0.2, 0.25) is 0 Å². The van der Waals surface area contributed by atoms with Crippen LogP contribution in [0, 0.1) is 0 Å². The van der Waals surface area contributed by atoms with E-state index in [0.717, 1.165) is 23.3 Å². The zero-order valence-electron chi connectivity index (χ0n) is 12.1. The standard InChI is InChI=1S/C15H17N3O3S/c1-2-3-12-9-17-15(22-12)18-14(21)16-8-10-4-6-11(7-5-10)13(19)20/h4-7,9H,2-3,8H2,1H3,(H,19,20)(H2,16,17,18,21). The summed E-state index contributed by atoms with van der Waals surface area (Å²) in [5.74, 6) is -0.969. The number of aryl methyl sites for hydroxylation is 1. The molecular weight excluding hydrogens is 302 g/mol. The summed E-state index contributed by atoms with van der Waals surface area (Å²) in [4.78, 5) is 27.8. The second kappa shape index (κ2) is 7.56. The molecule has 7 heteroatoms. The van der Waals surface area contributed by atoms with Gasteiger partial charge in [-0.15, -0.1) is 11.3 Å². The van der Waals surface area contributed by atoms with Crippen molar-refractivity contribution in [2.75, 3.05) is 5.32 Å². The van der Waals surface area contributed by atoms with E-state index in [0.29, 0.717) is 11.7 Å². The molecule has 0 aliphatic carbocycles. The van der Waals surface area contributed by atoms with E-state index in [4.69, 9.17) is 5.11 Å². The Morgan fingerprint density at radius 1 is 1.27 bits per heavy atom. The van der Waals surface area contributed by atoms with Crippen LogP contribution in [0.5, 0.6) is 0 Å². The van der Waals surface area contributed by atoms with Gasteiger partial charge in [0.1, 0.15) is 0 Å². The summed E-state index contributed by atoms with van der Waals surface area (Å²) in [5, 5.41) is 14.8.